The highest BCUT2D eigenvalue weighted by Crippen LogP contribution is 2.38. The molecule has 0 bridgehead atoms. The van der Waals surface area contributed by atoms with Crippen molar-refractivity contribution in [1.29, 1.82) is 0 Å². The minimum absolute atomic E-state index is 0.542. The highest BCUT2D eigenvalue weighted by atomic mass is 16.5. The molecule has 0 atom stereocenters. The third kappa shape index (κ3) is 3.23. The second-order valence-electron chi connectivity index (χ2n) is 7.37. The maximum absolute atomic E-state index is 5.48. The number of para-hydroxylation sites is 1. The van der Waals surface area contributed by atoms with Crippen LogP contribution in [0.2, 0.25) is 0 Å². The second-order valence-corrected chi connectivity index (χ2v) is 7.37. The number of fused-ring (bicyclic) bond motifs is 1. The molecule has 1 aromatic carbocycles. The lowest BCUT2D eigenvalue weighted by atomic mass is 10.1. The number of aromatic nitrogens is 4. The molecule has 2 fully saturated rings. The molecule has 0 amide bonds. The average Bonchev–Trinajstić information content (AvgIpc) is 3.48. The molecule has 7 nitrogen and oxygen atoms in total. The minimum Gasteiger partial charge on any atom is -0.496 e. The topological polar surface area (TPSA) is 58.8 Å². The summed E-state index contributed by atoms with van der Waals surface area (Å²) in [6.07, 6.45) is 2.41. The van der Waals surface area contributed by atoms with E-state index in [1.807, 2.05) is 22.7 Å². The number of hydrogen-bond acceptors (Lipinski definition) is 6. The number of benzene rings is 1. The van der Waals surface area contributed by atoms with Crippen molar-refractivity contribution in [1.82, 2.24) is 24.7 Å². The number of nitrogens with zero attached hydrogens (tertiary/aromatic N) is 6. The van der Waals surface area contributed by atoms with E-state index < -0.39 is 0 Å². The quantitative estimate of drug-likeness (QED) is 0.693. The molecule has 1 aliphatic heterocycles. The van der Waals surface area contributed by atoms with Gasteiger partial charge in [-0.1, -0.05) is 18.2 Å². The van der Waals surface area contributed by atoms with Crippen LogP contribution in [0, 0.1) is 0 Å². The zero-order valence-corrected chi connectivity index (χ0v) is 15.6. The standard InChI is InChI=1S/C20H24N6O/c1-27-17-5-3-2-4-16(17)14-24-10-12-25(13-11-24)19-9-8-18-21-22-20(15-6-7-15)26(18)23-19/h2-5,8-9,15H,6-7,10-14H2,1H3. The van der Waals surface area contributed by atoms with Crippen LogP contribution in [0.3, 0.4) is 0 Å². The summed E-state index contributed by atoms with van der Waals surface area (Å²) in [5, 5.41) is 13.4. The molecular weight excluding hydrogens is 340 g/mol. The van der Waals surface area contributed by atoms with Crippen molar-refractivity contribution < 1.29 is 4.74 Å². The largest absolute Gasteiger partial charge is 0.496 e. The molecule has 0 spiro atoms. The van der Waals surface area contributed by atoms with E-state index in [9.17, 15) is 0 Å². The molecule has 3 heterocycles. The van der Waals surface area contributed by atoms with E-state index in [1.165, 1.54) is 18.4 Å². The van der Waals surface area contributed by atoms with Gasteiger partial charge in [-0.05, 0) is 31.0 Å². The van der Waals surface area contributed by atoms with E-state index in [1.54, 1.807) is 7.11 Å². The Morgan fingerprint density at radius 1 is 1.00 bits per heavy atom. The summed E-state index contributed by atoms with van der Waals surface area (Å²) >= 11 is 0. The van der Waals surface area contributed by atoms with E-state index in [-0.39, 0.29) is 0 Å². The predicted octanol–water partition coefficient (Wildman–Crippen LogP) is 2.33. The average molecular weight is 364 g/mol. The number of piperazine rings is 1. The van der Waals surface area contributed by atoms with Crippen LogP contribution in [0.15, 0.2) is 36.4 Å². The van der Waals surface area contributed by atoms with Gasteiger partial charge in [0.1, 0.15) is 11.6 Å². The van der Waals surface area contributed by atoms with Crippen molar-refractivity contribution in [3.8, 4) is 5.75 Å². The molecule has 0 radical (unpaired) electrons. The zero-order chi connectivity index (χ0) is 18.2. The van der Waals surface area contributed by atoms with Crippen LogP contribution in [0.25, 0.3) is 5.65 Å². The number of hydrogen-bond donors (Lipinski definition) is 0. The van der Waals surface area contributed by atoms with Crippen LogP contribution in [0.1, 0.15) is 30.1 Å². The van der Waals surface area contributed by atoms with E-state index >= 15 is 0 Å². The number of ether oxygens (including phenoxy) is 1. The summed E-state index contributed by atoms with van der Waals surface area (Å²) in [6.45, 7) is 4.87. The van der Waals surface area contributed by atoms with Gasteiger partial charge >= 0.3 is 0 Å². The van der Waals surface area contributed by atoms with Crippen molar-refractivity contribution in [2.24, 2.45) is 0 Å². The fourth-order valence-electron chi connectivity index (χ4n) is 3.77. The maximum Gasteiger partial charge on any atom is 0.178 e. The summed E-state index contributed by atoms with van der Waals surface area (Å²) in [4.78, 5) is 4.83. The lowest BCUT2D eigenvalue weighted by molar-refractivity contribution is 0.245. The first-order valence-corrected chi connectivity index (χ1v) is 9.63. The number of rotatable bonds is 5. The first-order valence-electron chi connectivity index (χ1n) is 9.63. The van der Waals surface area contributed by atoms with Gasteiger partial charge in [-0.2, -0.15) is 4.52 Å². The molecule has 0 unspecified atom stereocenters. The fraction of sp³-hybridized carbons (Fsp3) is 0.450. The molecular formula is C20H24N6O. The third-order valence-electron chi connectivity index (χ3n) is 5.50. The Bertz CT molecular complexity index is 943. The first-order chi connectivity index (χ1) is 13.3. The van der Waals surface area contributed by atoms with Gasteiger partial charge in [-0.15, -0.1) is 15.3 Å². The first kappa shape index (κ1) is 16.5. The van der Waals surface area contributed by atoms with Crippen LogP contribution in [-0.2, 0) is 6.54 Å². The lowest BCUT2D eigenvalue weighted by Gasteiger charge is -2.35. The van der Waals surface area contributed by atoms with Gasteiger partial charge in [-0.3, -0.25) is 4.90 Å². The molecule has 2 aliphatic rings. The summed E-state index contributed by atoms with van der Waals surface area (Å²) in [7, 11) is 1.74. The SMILES string of the molecule is COc1ccccc1CN1CCN(c2ccc3nnc(C4CC4)n3n2)CC1. The molecule has 1 saturated heterocycles. The van der Waals surface area contributed by atoms with Crippen molar-refractivity contribution >= 4 is 11.5 Å². The normalized spacial score (nSPS) is 18.2. The van der Waals surface area contributed by atoms with Crippen molar-refractivity contribution in [2.45, 2.75) is 25.3 Å². The Labute approximate surface area is 158 Å². The second kappa shape index (κ2) is 6.81. The highest BCUT2D eigenvalue weighted by Gasteiger charge is 2.29. The Hall–Kier alpha value is -2.67. The Morgan fingerprint density at radius 2 is 1.81 bits per heavy atom. The smallest absolute Gasteiger partial charge is 0.178 e. The Kier molecular flexibility index (Phi) is 4.16. The molecule has 3 aromatic rings. The predicted molar refractivity (Wildman–Crippen MR) is 103 cm³/mol. The van der Waals surface area contributed by atoms with Crippen molar-refractivity contribution in [3.05, 3.63) is 47.8 Å². The van der Waals surface area contributed by atoms with Gasteiger partial charge < -0.3 is 9.64 Å². The monoisotopic (exact) mass is 364 g/mol. The fourth-order valence-corrected chi connectivity index (χ4v) is 3.77. The minimum atomic E-state index is 0.542. The van der Waals surface area contributed by atoms with Crippen LogP contribution < -0.4 is 9.64 Å². The van der Waals surface area contributed by atoms with Gasteiger partial charge in [0.25, 0.3) is 0 Å². The highest BCUT2D eigenvalue weighted by molar-refractivity contribution is 5.46. The zero-order valence-electron chi connectivity index (χ0n) is 15.6. The molecule has 27 heavy (non-hydrogen) atoms. The summed E-state index contributed by atoms with van der Waals surface area (Å²) < 4.78 is 7.42. The maximum atomic E-state index is 5.48. The van der Waals surface area contributed by atoms with Crippen LogP contribution in [-0.4, -0.2) is 58.0 Å². The van der Waals surface area contributed by atoms with Crippen LogP contribution >= 0.6 is 0 Å². The number of anilines is 1. The molecule has 140 valence electrons. The Morgan fingerprint density at radius 3 is 2.59 bits per heavy atom. The summed E-state index contributed by atoms with van der Waals surface area (Å²) in [5.74, 6) is 3.54. The molecule has 1 saturated carbocycles. The van der Waals surface area contributed by atoms with Crippen LogP contribution in [0.5, 0.6) is 5.75 Å². The van der Waals surface area contributed by atoms with Crippen molar-refractivity contribution in [3.63, 3.8) is 0 Å². The number of methoxy groups -OCH3 is 1. The van der Waals surface area contributed by atoms with E-state index in [4.69, 9.17) is 9.84 Å². The van der Waals surface area contributed by atoms with E-state index in [0.29, 0.717) is 5.92 Å². The molecule has 1 aliphatic carbocycles. The van der Waals surface area contributed by atoms with Gasteiger partial charge in [0.2, 0.25) is 0 Å². The van der Waals surface area contributed by atoms with Gasteiger partial charge in [-0.25, -0.2) is 0 Å². The van der Waals surface area contributed by atoms with E-state index in [2.05, 4.69) is 38.2 Å². The molecule has 7 heteroatoms. The van der Waals surface area contributed by atoms with Gasteiger partial charge in [0, 0.05) is 44.2 Å². The van der Waals surface area contributed by atoms with E-state index in [0.717, 1.165) is 55.8 Å². The summed E-state index contributed by atoms with van der Waals surface area (Å²) in [6, 6.07) is 12.4. The van der Waals surface area contributed by atoms with Gasteiger partial charge in [0.05, 0.1) is 7.11 Å². The molecule has 2 aromatic heterocycles. The third-order valence-corrected chi connectivity index (χ3v) is 5.50. The van der Waals surface area contributed by atoms with Crippen LogP contribution in [0.4, 0.5) is 5.82 Å². The lowest BCUT2D eigenvalue weighted by Crippen LogP contribution is -2.46. The van der Waals surface area contributed by atoms with Gasteiger partial charge in [0.15, 0.2) is 11.5 Å². The summed E-state index contributed by atoms with van der Waals surface area (Å²) in [5.41, 5.74) is 2.09. The Balaban J connectivity index is 1.27. The molecule has 0 N–H and O–H groups in total. The van der Waals surface area contributed by atoms with Crippen molar-refractivity contribution in [2.75, 3.05) is 38.2 Å². The molecule has 5 rings (SSSR count).